The zero-order valence-electron chi connectivity index (χ0n) is 4.57. The molecule has 7 heavy (non-hydrogen) atoms. The Morgan fingerprint density at radius 2 is 2.43 bits per heavy atom. The van der Waals surface area contributed by atoms with E-state index in [4.69, 9.17) is 0 Å². The van der Waals surface area contributed by atoms with Crippen molar-refractivity contribution < 1.29 is 0 Å². The van der Waals surface area contributed by atoms with Crippen LogP contribution in [0, 0.1) is 0 Å². The average molecular weight is 181 g/mol. The van der Waals surface area contributed by atoms with E-state index in [-0.39, 0.29) is 0 Å². The van der Waals surface area contributed by atoms with E-state index in [0.717, 1.165) is 6.42 Å². The normalized spacial score (nSPS) is 12.1. The summed E-state index contributed by atoms with van der Waals surface area (Å²) in [6, 6.07) is 0. The van der Waals surface area contributed by atoms with Crippen LogP contribution in [0.25, 0.3) is 0 Å². The number of rotatable bonds is 2. The van der Waals surface area contributed by atoms with Crippen molar-refractivity contribution in [2.24, 2.45) is 0 Å². The molecule has 42 valence electrons. The lowest BCUT2D eigenvalue weighted by Gasteiger charge is -1.85. The third-order valence-electron chi connectivity index (χ3n) is 0.583. The molecule has 0 unspecified atom stereocenters. The van der Waals surface area contributed by atoms with Crippen LogP contribution in [-0.4, -0.2) is 6.26 Å². The second-order valence-corrected chi connectivity index (χ2v) is 2.88. The van der Waals surface area contributed by atoms with Gasteiger partial charge < -0.3 is 0 Å². The molecule has 0 saturated carbocycles. The Balaban J connectivity index is 3.29. The second kappa shape index (κ2) is 4.72. The average Bonchev–Trinajstić information content (AvgIpc) is 1.68. The molecule has 0 bridgehead atoms. The molecule has 0 heterocycles. The van der Waals surface area contributed by atoms with Gasteiger partial charge in [0.25, 0.3) is 0 Å². The summed E-state index contributed by atoms with van der Waals surface area (Å²) in [7, 11) is 0. The van der Waals surface area contributed by atoms with Crippen LogP contribution in [0.2, 0.25) is 0 Å². The molecule has 0 saturated heterocycles. The van der Waals surface area contributed by atoms with Crippen molar-refractivity contribution >= 4 is 27.7 Å². The third kappa shape index (κ3) is 4.42. The molecule has 0 radical (unpaired) electrons. The van der Waals surface area contributed by atoms with Crippen molar-refractivity contribution in [3.8, 4) is 0 Å². The smallest absolute Gasteiger partial charge is 0.00107 e. The lowest BCUT2D eigenvalue weighted by atomic mass is 10.5. The number of allylic oxidation sites excluding steroid dienone is 1. The van der Waals surface area contributed by atoms with Crippen LogP contribution in [0.1, 0.15) is 13.3 Å². The van der Waals surface area contributed by atoms with Crippen LogP contribution in [0.15, 0.2) is 9.89 Å². The van der Waals surface area contributed by atoms with Gasteiger partial charge in [0.1, 0.15) is 0 Å². The summed E-state index contributed by atoms with van der Waals surface area (Å²) in [6.07, 6.45) is 3.15. The Morgan fingerprint density at radius 3 is 2.57 bits per heavy atom. The lowest BCUT2D eigenvalue weighted by molar-refractivity contribution is 1.21. The molecule has 0 N–H and O–H groups in total. The summed E-state index contributed by atoms with van der Waals surface area (Å²) in [5.41, 5.74) is 0. The van der Waals surface area contributed by atoms with Crippen molar-refractivity contribution in [2.75, 3.05) is 6.26 Å². The van der Waals surface area contributed by atoms with Gasteiger partial charge in [0.15, 0.2) is 0 Å². The van der Waals surface area contributed by atoms with Gasteiger partial charge in [-0.05, 0) is 18.1 Å². The first-order valence-electron chi connectivity index (χ1n) is 2.18. The molecule has 0 amide bonds. The molecule has 0 spiro atoms. The molecule has 0 aromatic heterocycles. The summed E-state index contributed by atoms with van der Waals surface area (Å²) in [4.78, 5) is 0. The van der Waals surface area contributed by atoms with Crippen molar-refractivity contribution in [3.63, 3.8) is 0 Å². The summed E-state index contributed by atoms with van der Waals surface area (Å²) in [5.74, 6) is 0. The Labute approximate surface area is 57.5 Å². The zero-order chi connectivity index (χ0) is 5.70. The van der Waals surface area contributed by atoms with Gasteiger partial charge in [-0.3, -0.25) is 0 Å². The highest BCUT2D eigenvalue weighted by Gasteiger charge is 1.79. The standard InChI is InChI=1S/C5H9BrS/c1-3-5(6)4-7-2/h4H,3H2,1-2H3/b5-4+. The van der Waals surface area contributed by atoms with E-state index in [1.54, 1.807) is 11.8 Å². The van der Waals surface area contributed by atoms with Gasteiger partial charge in [-0.1, -0.05) is 22.9 Å². The predicted octanol–water partition coefficient (Wildman–Crippen LogP) is 3.00. The fraction of sp³-hybridized carbons (Fsp3) is 0.600. The molecule has 2 heteroatoms. The first-order chi connectivity index (χ1) is 3.31. The van der Waals surface area contributed by atoms with Crippen LogP contribution in [0.4, 0.5) is 0 Å². The van der Waals surface area contributed by atoms with Gasteiger partial charge in [-0.15, -0.1) is 11.8 Å². The Kier molecular flexibility index (Phi) is 5.11. The van der Waals surface area contributed by atoms with E-state index < -0.39 is 0 Å². The highest BCUT2D eigenvalue weighted by molar-refractivity contribution is 9.11. The van der Waals surface area contributed by atoms with Crippen LogP contribution < -0.4 is 0 Å². The quantitative estimate of drug-likeness (QED) is 0.630. The molecule has 0 atom stereocenters. The molecule has 0 fully saturated rings. The monoisotopic (exact) mass is 180 g/mol. The highest BCUT2D eigenvalue weighted by Crippen LogP contribution is 2.12. The fourth-order valence-corrected chi connectivity index (χ4v) is 1.19. The summed E-state index contributed by atoms with van der Waals surface area (Å²) < 4.78 is 1.28. The summed E-state index contributed by atoms with van der Waals surface area (Å²) >= 11 is 5.10. The molecule has 0 rings (SSSR count). The van der Waals surface area contributed by atoms with Crippen molar-refractivity contribution in [1.29, 1.82) is 0 Å². The van der Waals surface area contributed by atoms with Gasteiger partial charge in [-0.25, -0.2) is 0 Å². The maximum absolute atomic E-state index is 3.38. The van der Waals surface area contributed by atoms with Gasteiger partial charge in [0, 0.05) is 4.48 Å². The van der Waals surface area contributed by atoms with E-state index in [1.807, 2.05) is 0 Å². The van der Waals surface area contributed by atoms with Crippen molar-refractivity contribution in [2.45, 2.75) is 13.3 Å². The van der Waals surface area contributed by atoms with E-state index in [9.17, 15) is 0 Å². The minimum atomic E-state index is 1.10. The number of hydrogen-bond donors (Lipinski definition) is 0. The van der Waals surface area contributed by atoms with Crippen LogP contribution >= 0.6 is 27.7 Å². The Bertz CT molecular complexity index is 68.5. The van der Waals surface area contributed by atoms with Gasteiger partial charge in [-0.2, -0.15) is 0 Å². The van der Waals surface area contributed by atoms with E-state index in [1.165, 1.54) is 4.48 Å². The SMILES string of the molecule is CC/C(Br)=C\SC. The Morgan fingerprint density at radius 1 is 1.86 bits per heavy atom. The van der Waals surface area contributed by atoms with Gasteiger partial charge in [0.2, 0.25) is 0 Å². The predicted molar refractivity (Wildman–Crippen MR) is 40.8 cm³/mol. The zero-order valence-corrected chi connectivity index (χ0v) is 6.97. The van der Waals surface area contributed by atoms with Crippen molar-refractivity contribution in [1.82, 2.24) is 0 Å². The minimum absolute atomic E-state index is 1.10. The fourth-order valence-electron chi connectivity index (χ4n) is 0.211. The van der Waals surface area contributed by atoms with E-state index >= 15 is 0 Å². The molecule has 0 aliphatic rings. The lowest BCUT2D eigenvalue weighted by Crippen LogP contribution is -1.59. The third-order valence-corrected chi connectivity index (χ3v) is 2.20. The molecule has 0 aromatic carbocycles. The van der Waals surface area contributed by atoms with E-state index in [2.05, 4.69) is 34.5 Å². The first kappa shape index (κ1) is 7.57. The number of halogens is 1. The second-order valence-electron chi connectivity index (χ2n) is 1.15. The number of thioether (sulfide) groups is 1. The molecule has 0 aliphatic carbocycles. The van der Waals surface area contributed by atoms with Crippen molar-refractivity contribution in [3.05, 3.63) is 9.89 Å². The summed E-state index contributed by atoms with van der Waals surface area (Å²) in [5, 5.41) is 2.10. The summed E-state index contributed by atoms with van der Waals surface area (Å²) in [6.45, 7) is 2.12. The Hall–Kier alpha value is 0.570. The number of hydrogen-bond acceptors (Lipinski definition) is 1. The molecule has 0 aliphatic heterocycles. The maximum atomic E-state index is 3.38. The maximum Gasteiger partial charge on any atom is 0.00107 e. The minimum Gasteiger partial charge on any atom is -0.137 e. The van der Waals surface area contributed by atoms with Gasteiger partial charge in [0.05, 0.1) is 0 Å². The van der Waals surface area contributed by atoms with Gasteiger partial charge >= 0.3 is 0 Å². The van der Waals surface area contributed by atoms with Crippen LogP contribution in [0.3, 0.4) is 0 Å². The highest BCUT2D eigenvalue weighted by atomic mass is 79.9. The van der Waals surface area contributed by atoms with Crippen LogP contribution in [0.5, 0.6) is 0 Å². The molecule has 0 aromatic rings. The largest absolute Gasteiger partial charge is 0.137 e. The van der Waals surface area contributed by atoms with Crippen LogP contribution in [-0.2, 0) is 0 Å². The topological polar surface area (TPSA) is 0 Å². The molecular formula is C5H9BrS. The van der Waals surface area contributed by atoms with E-state index in [0.29, 0.717) is 0 Å². The molecule has 0 nitrogen and oxygen atoms in total. The first-order valence-corrected chi connectivity index (χ1v) is 4.26. The molecular weight excluding hydrogens is 172 g/mol.